The van der Waals surface area contributed by atoms with Crippen LogP contribution in [0.1, 0.15) is 46.5 Å². The Kier molecular flexibility index (Phi) is 1.70. The lowest BCUT2D eigenvalue weighted by Crippen LogP contribution is -2.40. The SMILES string of the molecule is CC1=CC[C@]2(C)CCC(=O)C[C@]12C. The van der Waals surface area contributed by atoms with Crippen LogP contribution in [-0.4, -0.2) is 5.78 Å². The van der Waals surface area contributed by atoms with E-state index >= 15 is 0 Å². The molecule has 72 valence electrons. The van der Waals surface area contributed by atoms with Gasteiger partial charge in [0, 0.05) is 18.3 Å². The lowest BCUT2D eigenvalue weighted by Gasteiger charge is -2.46. The molecule has 0 radical (unpaired) electrons. The predicted octanol–water partition coefficient (Wildman–Crippen LogP) is 3.10. The molecule has 0 saturated heterocycles. The van der Waals surface area contributed by atoms with E-state index in [1.54, 1.807) is 0 Å². The van der Waals surface area contributed by atoms with Crippen LogP contribution in [0.25, 0.3) is 0 Å². The molecule has 13 heavy (non-hydrogen) atoms. The lowest BCUT2D eigenvalue weighted by atomic mass is 9.57. The van der Waals surface area contributed by atoms with Gasteiger partial charge in [0.25, 0.3) is 0 Å². The Hall–Kier alpha value is -0.590. The minimum absolute atomic E-state index is 0.169. The number of hydrogen-bond donors (Lipinski definition) is 0. The first-order valence-corrected chi connectivity index (χ1v) is 5.17. The molecule has 1 heteroatoms. The number of carbonyl (C=O) groups is 1. The Labute approximate surface area is 80.2 Å². The highest BCUT2D eigenvalue weighted by atomic mass is 16.1. The van der Waals surface area contributed by atoms with E-state index in [0.717, 1.165) is 19.3 Å². The fourth-order valence-electron chi connectivity index (χ4n) is 2.93. The Balaban J connectivity index is 2.38. The Bertz CT molecular complexity index is 289. The number of hydrogen-bond acceptors (Lipinski definition) is 1. The van der Waals surface area contributed by atoms with Crippen molar-refractivity contribution in [2.45, 2.75) is 46.5 Å². The summed E-state index contributed by atoms with van der Waals surface area (Å²) >= 11 is 0. The predicted molar refractivity (Wildman–Crippen MR) is 53.4 cm³/mol. The van der Waals surface area contributed by atoms with Gasteiger partial charge < -0.3 is 0 Å². The van der Waals surface area contributed by atoms with Gasteiger partial charge in [-0.1, -0.05) is 25.5 Å². The van der Waals surface area contributed by atoms with Gasteiger partial charge >= 0.3 is 0 Å². The van der Waals surface area contributed by atoms with Crippen LogP contribution < -0.4 is 0 Å². The topological polar surface area (TPSA) is 17.1 Å². The second-order valence-electron chi connectivity index (χ2n) is 5.20. The Morgan fingerprint density at radius 3 is 2.77 bits per heavy atom. The Morgan fingerprint density at radius 1 is 1.38 bits per heavy atom. The standard InChI is InChI=1S/C12H18O/c1-9-4-6-11(2)7-5-10(13)8-12(9,11)3/h4H,5-8H2,1-3H3/t11-,12-/m1/s1. The van der Waals surface area contributed by atoms with Crippen molar-refractivity contribution in [3.63, 3.8) is 0 Å². The molecular weight excluding hydrogens is 160 g/mol. The molecule has 0 heterocycles. The number of Topliss-reactive ketones (excluding diaryl/α,β-unsaturated/α-hetero) is 1. The highest BCUT2D eigenvalue weighted by Gasteiger charge is 2.51. The van der Waals surface area contributed by atoms with Crippen LogP contribution in [0.15, 0.2) is 11.6 Å². The van der Waals surface area contributed by atoms with Crippen molar-refractivity contribution in [2.24, 2.45) is 10.8 Å². The summed E-state index contributed by atoms with van der Waals surface area (Å²) in [5.74, 6) is 0.453. The second kappa shape index (κ2) is 2.46. The molecule has 2 atom stereocenters. The van der Waals surface area contributed by atoms with Crippen LogP contribution >= 0.6 is 0 Å². The van der Waals surface area contributed by atoms with E-state index in [9.17, 15) is 4.79 Å². The highest BCUT2D eigenvalue weighted by molar-refractivity contribution is 5.81. The minimum atomic E-state index is 0.169. The first-order valence-electron chi connectivity index (χ1n) is 5.17. The average molecular weight is 178 g/mol. The number of ketones is 1. The van der Waals surface area contributed by atoms with Gasteiger partial charge in [-0.3, -0.25) is 4.79 Å². The molecule has 0 aliphatic heterocycles. The Morgan fingerprint density at radius 2 is 2.08 bits per heavy atom. The molecule has 0 aromatic carbocycles. The van der Waals surface area contributed by atoms with Crippen molar-refractivity contribution in [1.82, 2.24) is 0 Å². The third kappa shape index (κ3) is 1.02. The van der Waals surface area contributed by atoms with Gasteiger partial charge in [0.2, 0.25) is 0 Å². The normalized spacial score (nSPS) is 44.5. The van der Waals surface area contributed by atoms with Crippen molar-refractivity contribution in [1.29, 1.82) is 0 Å². The van der Waals surface area contributed by atoms with E-state index in [4.69, 9.17) is 0 Å². The summed E-state index contributed by atoms with van der Waals surface area (Å²) in [5, 5.41) is 0. The van der Waals surface area contributed by atoms with Gasteiger partial charge in [0.05, 0.1) is 0 Å². The van der Waals surface area contributed by atoms with Crippen molar-refractivity contribution in [3.05, 3.63) is 11.6 Å². The van der Waals surface area contributed by atoms with E-state index in [2.05, 4.69) is 26.8 Å². The third-order valence-electron chi connectivity index (χ3n) is 4.57. The van der Waals surface area contributed by atoms with Gasteiger partial charge in [0.1, 0.15) is 5.78 Å². The first kappa shape index (κ1) is 8.98. The molecule has 1 nitrogen and oxygen atoms in total. The lowest BCUT2D eigenvalue weighted by molar-refractivity contribution is -0.126. The van der Waals surface area contributed by atoms with E-state index < -0.39 is 0 Å². The summed E-state index contributed by atoms with van der Waals surface area (Å²) in [6.07, 6.45) is 6.15. The van der Waals surface area contributed by atoms with Crippen LogP contribution in [0.4, 0.5) is 0 Å². The van der Waals surface area contributed by atoms with Crippen molar-refractivity contribution in [2.75, 3.05) is 0 Å². The summed E-state index contributed by atoms with van der Waals surface area (Å²) in [6, 6.07) is 0. The smallest absolute Gasteiger partial charge is 0.133 e. The first-order chi connectivity index (χ1) is 5.98. The van der Waals surface area contributed by atoms with Crippen LogP contribution in [0.3, 0.4) is 0 Å². The molecule has 2 aliphatic carbocycles. The number of carbonyl (C=O) groups excluding carboxylic acids is 1. The van der Waals surface area contributed by atoms with Crippen LogP contribution in [-0.2, 0) is 4.79 Å². The molecule has 1 fully saturated rings. The fraction of sp³-hybridized carbons (Fsp3) is 0.750. The molecule has 2 rings (SSSR count). The summed E-state index contributed by atoms with van der Waals surface area (Å²) in [5.41, 5.74) is 1.97. The van der Waals surface area contributed by atoms with Crippen LogP contribution in [0.2, 0.25) is 0 Å². The highest BCUT2D eigenvalue weighted by Crippen LogP contribution is 2.59. The van der Waals surface area contributed by atoms with Gasteiger partial charge in [-0.05, 0) is 25.2 Å². The number of fused-ring (bicyclic) bond motifs is 1. The van der Waals surface area contributed by atoms with E-state index in [0.29, 0.717) is 11.2 Å². The fourth-order valence-corrected chi connectivity index (χ4v) is 2.93. The van der Waals surface area contributed by atoms with Crippen molar-refractivity contribution < 1.29 is 4.79 Å². The van der Waals surface area contributed by atoms with Crippen molar-refractivity contribution >= 4 is 5.78 Å². The summed E-state index contributed by atoms with van der Waals surface area (Å²) in [4.78, 5) is 11.5. The van der Waals surface area contributed by atoms with Crippen LogP contribution in [0, 0.1) is 10.8 Å². The summed E-state index contributed by atoms with van der Waals surface area (Å²) < 4.78 is 0. The molecule has 0 aromatic heterocycles. The summed E-state index contributed by atoms with van der Waals surface area (Å²) in [7, 11) is 0. The molecule has 2 aliphatic rings. The quantitative estimate of drug-likeness (QED) is 0.521. The number of rotatable bonds is 0. The zero-order chi connectivity index (χ0) is 9.69. The minimum Gasteiger partial charge on any atom is -0.300 e. The van der Waals surface area contributed by atoms with Gasteiger partial charge in [0.15, 0.2) is 0 Å². The second-order valence-corrected chi connectivity index (χ2v) is 5.20. The van der Waals surface area contributed by atoms with E-state index in [1.165, 1.54) is 12.0 Å². The molecule has 0 N–H and O–H groups in total. The van der Waals surface area contributed by atoms with E-state index in [-0.39, 0.29) is 5.41 Å². The van der Waals surface area contributed by atoms with Gasteiger partial charge in [-0.2, -0.15) is 0 Å². The molecule has 0 spiro atoms. The van der Waals surface area contributed by atoms with Crippen molar-refractivity contribution in [3.8, 4) is 0 Å². The summed E-state index contributed by atoms with van der Waals surface area (Å²) in [6.45, 7) is 6.79. The average Bonchev–Trinajstić information content (AvgIpc) is 2.28. The molecule has 1 saturated carbocycles. The molecule has 0 amide bonds. The third-order valence-corrected chi connectivity index (χ3v) is 4.57. The monoisotopic (exact) mass is 178 g/mol. The van der Waals surface area contributed by atoms with Gasteiger partial charge in [-0.25, -0.2) is 0 Å². The van der Waals surface area contributed by atoms with Crippen LogP contribution in [0.5, 0.6) is 0 Å². The zero-order valence-electron chi connectivity index (χ0n) is 8.81. The molecule has 0 aromatic rings. The zero-order valence-corrected chi connectivity index (χ0v) is 8.81. The van der Waals surface area contributed by atoms with E-state index in [1.807, 2.05) is 0 Å². The molecule has 0 unspecified atom stereocenters. The molecule has 0 bridgehead atoms. The largest absolute Gasteiger partial charge is 0.300 e. The number of allylic oxidation sites excluding steroid dienone is 2. The van der Waals surface area contributed by atoms with Gasteiger partial charge in [-0.15, -0.1) is 0 Å². The molecular formula is C12H18O. The maximum absolute atomic E-state index is 11.5. The maximum atomic E-state index is 11.5. The maximum Gasteiger partial charge on any atom is 0.133 e.